The van der Waals surface area contributed by atoms with Crippen LogP contribution >= 0.6 is 24.0 Å². The summed E-state index contributed by atoms with van der Waals surface area (Å²) in [6.07, 6.45) is 3.82. The molecule has 0 spiro atoms. The van der Waals surface area contributed by atoms with Crippen LogP contribution in [-0.2, 0) is 9.47 Å². The molecule has 2 aliphatic heterocycles. The minimum atomic E-state index is 0. The number of morpholine rings is 1. The van der Waals surface area contributed by atoms with Crippen molar-refractivity contribution in [2.75, 3.05) is 52.5 Å². The summed E-state index contributed by atoms with van der Waals surface area (Å²) in [5, 5.41) is 6.69. The third-order valence-electron chi connectivity index (χ3n) is 4.47. The number of fused-ring (bicyclic) bond motifs is 1. The largest absolute Gasteiger partial charge is 0.381 e. The molecule has 2 saturated heterocycles. The van der Waals surface area contributed by atoms with Gasteiger partial charge in [0.05, 0.1) is 19.3 Å². The van der Waals surface area contributed by atoms with Crippen molar-refractivity contribution in [1.29, 1.82) is 0 Å². The number of aliphatic imine (C=N–C) groups is 1. The van der Waals surface area contributed by atoms with Crippen LogP contribution in [0.5, 0.6) is 0 Å². The van der Waals surface area contributed by atoms with Gasteiger partial charge in [-0.1, -0.05) is 13.8 Å². The van der Waals surface area contributed by atoms with Gasteiger partial charge in [-0.3, -0.25) is 9.89 Å². The van der Waals surface area contributed by atoms with Gasteiger partial charge in [-0.2, -0.15) is 0 Å². The van der Waals surface area contributed by atoms with Crippen LogP contribution in [0.2, 0.25) is 0 Å². The Morgan fingerprint density at radius 1 is 1.36 bits per heavy atom. The molecule has 25 heavy (non-hydrogen) atoms. The fourth-order valence-corrected chi connectivity index (χ4v) is 3.23. The van der Waals surface area contributed by atoms with Gasteiger partial charge in [0.1, 0.15) is 0 Å². The average Bonchev–Trinajstić information content (AvgIpc) is 3.03. The van der Waals surface area contributed by atoms with Crippen molar-refractivity contribution >= 4 is 29.9 Å². The Kier molecular flexibility index (Phi) is 12.0. The quantitative estimate of drug-likeness (QED) is 0.235. The predicted octanol–water partition coefficient (Wildman–Crippen LogP) is 2.09. The number of guanidine groups is 1. The van der Waals surface area contributed by atoms with Crippen LogP contribution in [0.3, 0.4) is 0 Å². The Hall–Kier alpha value is -0.120. The minimum absolute atomic E-state index is 0. The van der Waals surface area contributed by atoms with Crippen molar-refractivity contribution in [1.82, 2.24) is 15.5 Å². The summed E-state index contributed by atoms with van der Waals surface area (Å²) in [7, 11) is 0. The Balaban J connectivity index is 0.00000312. The standard InChI is InChI=1S/C18H36N4O2.HI/c1-4-19-18(20-8-6-10-23-13-15(2)3)21-11-17-12-22-9-5-7-16(22)14-24-17;/h15-17H,4-14H2,1-3H3,(H2,19,20,21);1H. The maximum absolute atomic E-state index is 5.98. The van der Waals surface area contributed by atoms with E-state index in [0.29, 0.717) is 12.0 Å². The summed E-state index contributed by atoms with van der Waals surface area (Å²) in [4.78, 5) is 7.26. The van der Waals surface area contributed by atoms with Crippen LogP contribution in [0, 0.1) is 5.92 Å². The van der Waals surface area contributed by atoms with E-state index in [0.717, 1.165) is 58.4 Å². The van der Waals surface area contributed by atoms with Gasteiger partial charge in [0.2, 0.25) is 0 Å². The lowest BCUT2D eigenvalue weighted by Gasteiger charge is -2.34. The van der Waals surface area contributed by atoms with E-state index in [1.807, 2.05) is 0 Å². The average molecular weight is 468 g/mol. The summed E-state index contributed by atoms with van der Waals surface area (Å²) >= 11 is 0. The molecule has 0 aromatic rings. The van der Waals surface area contributed by atoms with Gasteiger partial charge >= 0.3 is 0 Å². The predicted molar refractivity (Wildman–Crippen MR) is 114 cm³/mol. The van der Waals surface area contributed by atoms with E-state index in [1.165, 1.54) is 19.4 Å². The third kappa shape index (κ3) is 8.88. The normalized spacial score (nSPS) is 24.1. The van der Waals surface area contributed by atoms with Crippen molar-refractivity contribution in [3.63, 3.8) is 0 Å². The first-order valence-electron chi connectivity index (χ1n) is 9.64. The molecule has 2 heterocycles. The van der Waals surface area contributed by atoms with Gasteiger partial charge in [-0.25, -0.2) is 0 Å². The van der Waals surface area contributed by atoms with Crippen LogP contribution in [0.15, 0.2) is 4.99 Å². The first kappa shape index (κ1) is 22.9. The number of hydrogen-bond donors (Lipinski definition) is 2. The van der Waals surface area contributed by atoms with E-state index in [9.17, 15) is 0 Å². The van der Waals surface area contributed by atoms with Crippen molar-refractivity contribution in [3.05, 3.63) is 0 Å². The molecular weight excluding hydrogens is 431 g/mol. The molecule has 0 saturated carbocycles. The lowest BCUT2D eigenvalue weighted by atomic mass is 10.2. The Bertz CT molecular complexity index is 382. The molecule has 2 N–H and O–H groups in total. The summed E-state index contributed by atoms with van der Waals surface area (Å²) in [6.45, 7) is 13.7. The van der Waals surface area contributed by atoms with Gasteiger partial charge in [0.15, 0.2) is 5.96 Å². The second-order valence-electron chi connectivity index (χ2n) is 7.22. The highest BCUT2D eigenvalue weighted by Gasteiger charge is 2.31. The molecule has 0 aromatic heterocycles. The molecule has 0 amide bonds. The van der Waals surface area contributed by atoms with Crippen LogP contribution in [0.25, 0.3) is 0 Å². The minimum Gasteiger partial charge on any atom is -0.381 e. The van der Waals surface area contributed by atoms with Crippen LogP contribution in [0.4, 0.5) is 0 Å². The topological polar surface area (TPSA) is 58.1 Å². The number of nitrogens with zero attached hydrogens (tertiary/aromatic N) is 2. The highest BCUT2D eigenvalue weighted by Crippen LogP contribution is 2.22. The number of halogens is 1. The lowest BCUT2D eigenvalue weighted by molar-refractivity contribution is -0.0432. The van der Waals surface area contributed by atoms with E-state index in [-0.39, 0.29) is 30.1 Å². The molecular formula is C18H37IN4O2. The zero-order chi connectivity index (χ0) is 17.2. The van der Waals surface area contributed by atoms with E-state index in [2.05, 4.69) is 36.3 Å². The molecule has 2 rings (SSSR count). The van der Waals surface area contributed by atoms with Crippen molar-refractivity contribution in [2.24, 2.45) is 10.9 Å². The van der Waals surface area contributed by atoms with E-state index in [1.54, 1.807) is 0 Å². The van der Waals surface area contributed by atoms with Crippen LogP contribution < -0.4 is 10.6 Å². The first-order chi connectivity index (χ1) is 11.7. The molecule has 6 nitrogen and oxygen atoms in total. The summed E-state index contributed by atoms with van der Waals surface area (Å²) in [5.74, 6) is 1.48. The number of ether oxygens (including phenoxy) is 2. The number of rotatable bonds is 9. The van der Waals surface area contributed by atoms with Gasteiger partial charge in [-0.15, -0.1) is 24.0 Å². The summed E-state index contributed by atoms with van der Waals surface area (Å²) in [6, 6.07) is 0.655. The van der Waals surface area contributed by atoms with Crippen LogP contribution in [-0.4, -0.2) is 75.5 Å². The van der Waals surface area contributed by atoms with E-state index in [4.69, 9.17) is 14.5 Å². The lowest BCUT2D eigenvalue weighted by Crippen LogP contribution is -2.47. The first-order valence-corrected chi connectivity index (χ1v) is 9.64. The monoisotopic (exact) mass is 468 g/mol. The fraction of sp³-hybridized carbons (Fsp3) is 0.944. The fourth-order valence-electron chi connectivity index (χ4n) is 3.23. The van der Waals surface area contributed by atoms with Gasteiger partial charge < -0.3 is 20.1 Å². The molecule has 2 unspecified atom stereocenters. The Morgan fingerprint density at radius 3 is 2.96 bits per heavy atom. The highest BCUT2D eigenvalue weighted by atomic mass is 127. The zero-order valence-electron chi connectivity index (χ0n) is 16.1. The molecule has 0 aromatic carbocycles. The Morgan fingerprint density at radius 2 is 2.20 bits per heavy atom. The van der Waals surface area contributed by atoms with Gasteiger partial charge in [0, 0.05) is 38.9 Å². The maximum atomic E-state index is 5.98. The molecule has 0 radical (unpaired) electrons. The summed E-state index contributed by atoms with van der Waals surface area (Å²) < 4.78 is 11.6. The molecule has 2 fully saturated rings. The van der Waals surface area contributed by atoms with Crippen molar-refractivity contribution in [3.8, 4) is 0 Å². The molecule has 2 aliphatic rings. The highest BCUT2D eigenvalue weighted by molar-refractivity contribution is 14.0. The molecule has 148 valence electrons. The molecule has 0 bridgehead atoms. The third-order valence-corrected chi connectivity index (χ3v) is 4.47. The Labute approximate surface area is 170 Å². The van der Waals surface area contributed by atoms with Gasteiger partial charge in [0.25, 0.3) is 0 Å². The van der Waals surface area contributed by atoms with Gasteiger partial charge in [-0.05, 0) is 38.6 Å². The smallest absolute Gasteiger partial charge is 0.191 e. The SMILES string of the molecule is CCNC(=NCC1CN2CCCC2CO1)NCCCOCC(C)C.I. The van der Waals surface area contributed by atoms with Crippen molar-refractivity contribution in [2.45, 2.75) is 52.2 Å². The second kappa shape index (κ2) is 13.1. The van der Waals surface area contributed by atoms with E-state index < -0.39 is 0 Å². The number of hydrogen-bond acceptors (Lipinski definition) is 4. The zero-order valence-corrected chi connectivity index (χ0v) is 18.5. The molecule has 2 atom stereocenters. The number of nitrogens with one attached hydrogen (secondary N) is 2. The maximum Gasteiger partial charge on any atom is 0.191 e. The molecule has 0 aliphatic carbocycles. The van der Waals surface area contributed by atoms with Crippen LogP contribution in [0.1, 0.15) is 40.0 Å². The second-order valence-corrected chi connectivity index (χ2v) is 7.22. The van der Waals surface area contributed by atoms with Crippen molar-refractivity contribution < 1.29 is 9.47 Å². The summed E-state index contributed by atoms with van der Waals surface area (Å²) in [5.41, 5.74) is 0. The molecule has 7 heteroatoms. The van der Waals surface area contributed by atoms with E-state index >= 15 is 0 Å².